The van der Waals surface area contributed by atoms with Gasteiger partial charge in [0.15, 0.2) is 6.10 Å². The maximum Gasteiger partial charge on any atom is 0.306 e. The second-order valence-corrected chi connectivity index (χ2v) is 7.23. The lowest BCUT2D eigenvalue weighted by Gasteiger charge is -2.14. The fraction of sp³-hybridized carbons (Fsp3) is 0.464. The molecular weight excluding hydrogens is 384 g/mol. The quantitative estimate of drug-likeness (QED) is 0.165. The van der Waals surface area contributed by atoms with Crippen LogP contribution in [0.5, 0.6) is 0 Å². The molecule has 0 aliphatic carbocycles. The van der Waals surface area contributed by atoms with Crippen LogP contribution in [-0.4, -0.2) is 24.8 Å². The van der Waals surface area contributed by atoms with Crippen molar-refractivity contribution in [3.63, 3.8) is 0 Å². The molecule has 1 fully saturated rings. The minimum Gasteiger partial charge on any atom is -0.458 e. The average molecular weight is 423 g/mol. The first kappa shape index (κ1) is 26.5. The molecule has 2 unspecified atom stereocenters. The van der Waals surface area contributed by atoms with Crippen LogP contribution < -0.4 is 0 Å². The molecule has 1 heterocycles. The van der Waals surface area contributed by atoms with Gasteiger partial charge in [0.05, 0.1) is 6.61 Å². The average Bonchev–Trinajstić information content (AvgIpc) is 3.22. The number of carbonyl (C=O) groups is 1. The fourth-order valence-corrected chi connectivity index (χ4v) is 2.91. The van der Waals surface area contributed by atoms with Gasteiger partial charge in [0.25, 0.3) is 0 Å². The van der Waals surface area contributed by atoms with E-state index in [1.165, 1.54) is 0 Å². The summed E-state index contributed by atoms with van der Waals surface area (Å²) < 4.78 is 10.7. The van der Waals surface area contributed by atoms with Crippen molar-refractivity contribution in [1.82, 2.24) is 0 Å². The Morgan fingerprint density at radius 1 is 0.871 bits per heavy atom. The van der Waals surface area contributed by atoms with Gasteiger partial charge in [0.1, 0.15) is 6.10 Å². The zero-order valence-corrected chi connectivity index (χ0v) is 19.0. The molecule has 31 heavy (non-hydrogen) atoms. The molecule has 2 atom stereocenters. The van der Waals surface area contributed by atoms with Crippen LogP contribution >= 0.6 is 0 Å². The van der Waals surface area contributed by atoms with Crippen molar-refractivity contribution in [2.45, 2.75) is 76.9 Å². The van der Waals surface area contributed by atoms with Crippen molar-refractivity contribution >= 4 is 5.97 Å². The third-order valence-corrected chi connectivity index (χ3v) is 4.60. The van der Waals surface area contributed by atoms with E-state index in [2.05, 4.69) is 79.7 Å². The van der Waals surface area contributed by atoms with Gasteiger partial charge in [0.2, 0.25) is 0 Å². The number of terminal acetylenes is 1. The van der Waals surface area contributed by atoms with E-state index in [4.69, 9.17) is 15.9 Å². The maximum absolute atomic E-state index is 11.8. The summed E-state index contributed by atoms with van der Waals surface area (Å²) in [5.74, 6) is 2.30. The van der Waals surface area contributed by atoms with Crippen LogP contribution in [0.2, 0.25) is 0 Å². The largest absolute Gasteiger partial charge is 0.458 e. The van der Waals surface area contributed by atoms with Gasteiger partial charge in [-0.05, 0) is 44.9 Å². The van der Waals surface area contributed by atoms with Crippen molar-refractivity contribution in [3.05, 3.63) is 72.9 Å². The molecule has 0 spiro atoms. The van der Waals surface area contributed by atoms with E-state index in [0.717, 1.165) is 38.5 Å². The summed E-state index contributed by atoms with van der Waals surface area (Å²) in [5, 5.41) is 0. The maximum atomic E-state index is 11.8. The van der Waals surface area contributed by atoms with Crippen LogP contribution in [-0.2, 0) is 14.3 Å². The number of ether oxygens (including phenoxy) is 2. The minimum atomic E-state index is -0.394. The summed E-state index contributed by atoms with van der Waals surface area (Å²) in [6.45, 7) is 2.71. The highest BCUT2D eigenvalue weighted by molar-refractivity contribution is 5.69. The van der Waals surface area contributed by atoms with E-state index in [0.29, 0.717) is 25.9 Å². The van der Waals surface area contributed by atoms with Gasteiger partial charge in [-0.15, -0.1) is 6.42 Å². The number of esters is 1. The van der Waals surface area contributed by atoms with Crippen molar-refractivity contribution < 1.29 is 14.3 Å². The van der Waals surface area contributed by atoms with Crippen LogP contribution in [0, 0.1) is 12.3 Å². The molecule has 0 N–H and O–H groups in total. The molecule has 1 aliphatic heterocycles. The standard InChI is InChI=1S/C28H38O3/c1-3-5-6-7-8-9-10-11-12-13-14-15-16-17-18-19-20-21-22-23-28(29)31-27-24-25-30-26(27)4-2/h2,5-6,8-9,11-12,14-15,17-18,20-21,26-27H,3,7,10,13,16,19,22-25H2,1H3/b6-5-,9-8-,12-11-,15-14-,18-17-,21-20-. The van der Waals surface area contributed by atoms with Gasteiger partial charge in [-0.3, -0.25) is 4.79 Å². The molecule has 0 saturated carbocycles. The normalized spacial score (nSPS) is 19.7. The number of hydrogen-bond donors (Lipinski definition) is 0. The number of hydrogen-bond acceptors (Lipinski definition) is 3. The first-order valence-corrected chi connectivity index (χ1v) is 11.4. The highest BCUT2D eigenvalue weighted by atomic mass is 16.6. The van der Waals surface area contributed by atoms with Gasteiger partial charge in [-0.25, -0.2) is 0 Å². The summed E-state index contributed by atoms with van der Waals surface area (Å²) in [7, 11) is 0. The Morgan fingerprint density at radius 2 is 1.35 bits per heavy atom. The molecule has 0 amide bonds. The Morgan fingerprint density at radius 3 is 1.84 bits per heavy atom. The highest BCUT2D eigenvalue weighted by Gasteiger charge is 2.29. The zero-order valence-electron chi connectivity index (χ0n) is 19.0. The second-order valence-electron chi connectivity index (χ2n) is 7.23. The van der Waals surface area contributed by atoms with Crippen LogP contribution in [0.4, 0.5) is 0 Å². The molecule has 1 aliphatic rings. The van der Waals surface area contributed by atoms with Crippen molar-refractivity contribution in [3.8, 4) is 12.3 Å². The predicted molar refractivity (Wildman–Crippen MR) is 131 cm³/mol. The molecule has 0 aromatic carbocycles. The van der Waals surface area contributed by atoms with Crippen molar-refractivity contribution in [2.75, 3.05) is 6.61 Å². The molecule has 168 valence electrons. The Labute approximate surface area is 189 Å². The molecular formula is C28H38O3. The van der Waals surface area contributed by atoms with E-state index in [1.807, 2.05) is 6.08 Å². The van der Waals surface area contributed by atoms with E-state index >= 15 is 0 Å². The van der Waals surface area contributed by atoms with Crippen molar-refractivity contribution in [1.29, 1.82) is 0 Å². The predicted octanol–water partition coefficient (Wildman–Crippen LogP) is 6.80. The second kappa shape index (κ2) is 19.4. The third kappa shape index (κ3) is 15.0. The Hall–Kier alpha value is -2.57. The third-order valence-electron chi connectivity index (χ3n) is 4.60. The van der Waals surface area contributed by atoms with Gasteiger partial charge in [0, 0.05) is 12.8 Å². The smallest absolute Gasteiger partial charge is 0.306 e. The first-order chi connectivity index (χ1) is 15.3. The molecule has 3 heteroatoms. The molecule has 0 aromatic rings. The highest BCUT2D eigenvalue weighted by Crippen LogP contribution is 2.17. The first-order valence-electron chi connectivity index (χ1n) is 11.4. The fourth-order valence-electron chi connectivity index (χ4n) is 2.91. The molecule has 0 aromatic heterocycles. The van der Waals surface area contributed by atoms with E-state index in [1.54, 1.807) is 0 Å². The lowest BCUT2D eigenvalue weighted by Crippen LogP contribution is -2.25. The summed E-state index contributed by atoms with van der Waals surface area (Å²) in [5.41, 5.74) is 0. The van der Waals surface area contributed by atoms with Crippen LogP contribution in [0.25, 0.3) is 0 Å². The summed E-state index contributed by atoms with van der Waals surface area (Å²) in [4.78, 5) is 11.8. The molecule has 3 nitrogen and oxygen atoms in total. The summed E-state index contributed by atoms with van der Waals surface area (Å²) >= 11 is 0. The Balaban J connectivity index is 1.99. The van der Waals surface area contributed by atoms with E-state index in [-0.39, 0.29) is 12.1 Å². The van der Waals surface area contributed by atoms with Gasteiger partial charge < -0.3 is 9.47 Å². The van der Waals surface area contributed by atoms with Crippen LogP contribution in [0.15, 0.2) is 72.9 Å². The molecule has 1 rings (SSSR count). The number of allylic oxidation sites excluding steroid dienone is 12. The van der Waals surface area contributed by atoms with E-state index < -0.39 is 6.10 Å². The van der Waals surface area contributed by atoms with Crippen LogP contribution in [0.1, 0.15) is 64.7 Å². The van der Waals surface area contributed by atoms with E-state index in [9.17, 15) is 4.79 Å². The lowest BCUT2D eigenvalue weighted by molar-refractivity contribution is -0.150. The summed E-state index contributed by atoms with van der Waals surface area (Å²) in [6.07, 6.45) is 38.3. The molecule has 0 bridgehead atoms. The Kier molecular flexibility index (Phi) is 16.6. The summed E-state index contributed by atoms with van der Waals surface area (Å²) in [6, 6.07) is 0. The number of carbonyl (C=O) groups excluding carboxylic acids is 1. The molecule has 1 saturated heterocycles. The monoisotopic (exact) mass is 422 g/mol. The van der Waals surface area contributed by atoms with Gasteiger partial charge in [-0.1, -0.05) is 85.8 Å². The SMILES string of the molecule is C#CC1OCCC1OC(=O)CC/C=C\C/C=C\C/C=C\C/C=C\C/C=C\C/C=C\CC. The zero-order chi connectivity index (χ0) is 22.4. The minimum absolute atomic E-state index is 0.213. The van der Waals surface area contributed by atoms with Gasteiger partial charge >= 0.3 is 5.97 Å². The lowest BCUT2D eigenvalue weighted by atomic mass is 10.2. The topological polar surface area (TPSA) is 35.5 Å². The van der Waals surface area contributed by atoms with Crippen molar-refractivity contribution in [2.24, 2.45) is 0 Å². The van der Waals surface area contributed by atoms with Crippen LogP contribution in [0.3, 0.4) is 0 Å². The Bertz CT molecular complexity index is 686. The van der Waals surface area contributed by atoms with Gasteiger partial charge in [-0.2, -0.15) is 0 Å². The number of rotatable bonds is 15. The molecule has 0 radical (unpaired) electrons.